The monoisotopic (exact) mass is 386 g/mol. The molecule has 6 nitrogen and oxygen atoms in total. The molecule has 0 radical (unpaired) electrons. The smallest absolute Gasteiger partial charge is 0.242 e. The predicted molar refractivity (Wildman–Crippen MR) is 102 cm³/mol. The fourth-order valence-corrected chi connectivity index (χ4v) is 2.83. The van der Waals surface area contributed by atoms with Crippen molar-refractivity contribution in [3.05, 3.63) is 64.7 Å². The number of likely N-dealkylation sites (N-methyl/N-ethyl adjacent to an activating group) is 1. The summed E-state index contributed by atoms with van der Waals surface area (Å²) in [4.78, 5) is 14.2. The number of carbonyl (C=O) groups excluding carboxylic acids is 1. The van der Waals surface area contributed by atoms with E-state index < -0.39 is 0 Å². The highest BCUT2D eigenvalue weighted by Gasteiger charge is 2.15. The van der Waals surface area contributed by atoms with E-state index in [0.29, 0.717) is 17.1 Å². The lowest BCUT2D eigenvalue weighted by molar-refractivity contribution is -0.131. The zero-order valence-electron chi connectivity index (χ0n) is 15.0. The molecular weight excluding hydrogens is 367 g/mol. The SMILES string of the molecule is COc1ccc(-c2n[nH]c(=S)n2CC(=O)N(C)Cc2ccc(F)cc2)cc1. The molecule has 0 unspecified atom stereocenters. The number of methoxy groups -OCH3 is 1. The van der Waals surface area contributed by atoms with Crippen LogP contribution in [-0.4, -0.2) is 39.7 Å². The minimum atomic E-state index is -0.304. The van der Waals surface area contributed by atoms with Gasteiger partial charge < -0.3 is 9.64 Å². The van der Waals surface area contributed by atoms with Crippen molar-refractivity contribution >= 4 is 18.1 Å². The first-order valence-electron chi connectivity index (χ1n) is 8.26. The molecule has 0 saturated carbocycles. The Hall–Kier alpha value is -3.00. The largest absolute Gasteiger partial charge is 0.497 e. The maximum absolute atomic E-state index is 13.0. The van der Waals surface area contributed by atoms with E-state index >= 15 is 0 Å². The summed E-state index contributed by atoms with van der Waals surface area (Å²) < 4.78 is 20.2. The van der Waals surface area contributed by atoms with Crippen molar-refractivity contribution in [3.8, 4) is 17.1 Å². The normalized spacial score (nSPS) is 10.6. The third-order valence-electron chi connectivity index (χ3n) is 4.16. The number of hydrogen-bond acceptors (Lipinski definition) is 4. The van der Waals surface area contributed by atoms with Crippen LogP contribution in [0.5, 0.6) is 5.75 Å². The Labute approximate surface area is 161 Å². The molecule has 0 saturated heterocycles. The molecule has 27 heavy (non-hydrogen) atoms. The second-order valence-electron chi connectivity index (χ2n) is 6.04. The highest BCUT2D eigenvalue weighted by atomic mass is 32.1. The van der Waals surface area contributed by atoms with Gasteiger partial charge in [-0.3, -0.25) is 14.5 Å². The van der Waals surface area contributed by atoms with Crippen LogP contribution in [0.2, 0.25) is 0 Å². The number of amides is 1. The number of carbonyl (C=O) groups is 1. The first kappa shape index (κ1) is 18.8. The number of rotatable bonds is 6. The van der Waals surface area contributed by atoms with Crippen LogP contribution in [0.1, 0.15) is 5.56 Å². The molecule has 0 fully saturated rings. The molecule has 1 amide bonds. The predicted octanol–water partition coefficient (Wildman–Crippen LogP) is 3.41. The number of H-pyrrole nitrogens is 1. The zero-order chi connectivity index (χ0) is 19.4. The van der Waals surface area contributed by atoms with Crippen molar-refractivity contribution < 1.29 is 13.9 Å². The molecule has 3 aromatic rings. The zero-order valence-corrected chi connectivity index (χ0v) is 15.8. The molecule has 1 aromatic heterocycles. The van der Waals surface area contributed by atoms with Gasteiger partial charge >= 0.3 is 0 Å². The summed E-state index contributed by atoms with van der Waals surface area (Å²) in [6.45, 7) is 0.427. The van der Waals surface area contributed by atoms with Gasteiger partial charge in [0.2, 0.25) is 5.91 Å². The van der Waals surface area contributed by atoms with Crippen LogP contribution < -0.4 is 4.74 Å². The second kappa shape index (κ2) is 8.13. The van der Waals surface area contributed by atoms with E-state index in [9.17, 15) is 9.18 Å². The van der Waals surface area contributed by atoms with Gasteiger partial charge in [0.25, 0.3) is 0 Å². The molecule has 0 spiro atoms. The van der Waals surface area contributed by atoms with Crippen molar-refractivity contribution in [2.45, 2.75) is 13.1 Å². The Kier molecular flexibility index (Phi) is 5.66. The number of halogens is 1. The number of aromatic nitrogens is 3. The molecule has 1 heterocycles. The van der Waals surface area contributed by atoms with Gasteiger partial charge in [-0.15, -0.1) is 0 Å². The van der Waals surface area contributed by atoms with E-state index in [1.54, 1.807) is 35.8 Å². The lowest BCUT2D eigenvalue weighted by atomic mass is 10.2. The van der Waals surface area contributed by atoms with Gasteiger partial charge in [-0.1, -0.05) is 12.1 Å². The van der Waals surface area contributed by atoms with E-state index in [1.807, 2.05) is 24.3 Å². The fraction of sp³-hybridized carbons (Fsp3) is 0.211. The summed E-state index contributed by atoms with van der Waals surface area (Å²) in [6.07, 6.45) is 0. The quantitative estimate of drug-likeness (QED) is 0.660. The summed E-state index contributed by atoms with van der Waals surface area (Å²) in [5.74, 6) is 0.869. The molecule has 8 heteroatoms. The molecular formula is C19H19FN4O2S. The number of nitrogens with one attached hydrogen (secondary N) is 1. The van der Waals surface area contributed by atoms with E-state index in [0.717, 1.165) is 16.9 Å². The van der Waals surface area contributed by atoms with Gasteiger partial charge in [0.1, 0.15) is 18.1 Å². The number of nitrogens with zero attached hydrogens (tertiary/aromatic N) is 3. The molecule has 140 valence electrons. The van der Waals surface area contributed by atoms with Crippen molar-refractivity contribution in [2.75, 3.05) is 14.2 Å². The van der Waals surface area contributed by atoms with Crippen LogP contribution in [0.3, 0.4) is 0 Å². The Morgan fingerprint density at radius 2 is 1.89 bits per heavy atom. The maximum Gasteiger partial charge on any atom is 0.242 e. The summed E-state index contributed by atoms with van der Waals surface area (Å²) in [6, 6.07) is 13.4. The molecule has 0 bridgehead atoms. The minimum Gasteiger partial charge on any atom is -0.497 e. The molecule has 0 aliphatic heterocycles. The third kappa shape index (κ3) is 4.40. The standard InChI is InChI=1S/C19H19FN4O2S/c1-23(11-13-3-7-15(20)8-4-13)17(25)12-24-18(21-22-19(24)27)14-5-9-16(26-2)10-6-14/h3-10H,11-12H2,1-2H3,(H,22,27). The minimum absolute atomic E-state index is 0.0500. The molecule has 3 rings (SSSR count). The van der Waals surface area contributed by atoms with Gasteiger partial charge in [-0.25, -0.2) is 4.39 Å². The first-order chi connectivity index (χ1) is 13.0. The fourth-order valence-electron chi connectivity index (χ4n) is 2.63. The van der Waals surface area contributed by atoms with Gasteiger partial charge in [0.15, 0.2) is 10.6 Å². The Morgan fingerprint density at radius 1 is 1.22 bits per heavy atom. The van der Waals surface area contributed by atoms with Crippen LogP contribution in [0, 0.1) is 10.6 Å². The Bertz CT molecular complexity index is 980. The third-order valence-corrected chi connectivity index (χ3v) is 4.47. The summed E-state index contributed by atoms with van der Waals surface area (Å²) in [7, 11) is 3.29. The van der Waals surface area contributed by atoms with E-state index in [2.05, 4.69) is 10.2 Å². The van der Waals surface area contributed by atoms with Crippen LogP contribution in [0.25, 0.3) is 11.4 Å². The number of hydrogen-bond donors (Lipinski definition) is 1. The van der Waals surface area contributed by atoms with Gasteiger partial charge in [0, 0.05) is 19.2 Å². The van der Waals surface area contributed by atoms with Gasteiger partial charge in [-0.05, 0) is 54.2 Å². The number of benzene rings is 2. The average Bonchev–Trinajstić information content (AvgIpc) is 3.04. The number of ether oxygens (including phenoxy) is 1. The summed E-state index contributed by atoms with van der Waals surface area (Å²) in [5, 5.41) is 6.98. The molecule has 0 aliphatic carbocycles. The van der Waals surface area contributed by atoms with Crippen LogP contribution in [0.4, 0.5) is 4.39 Å². The Balaban J connectivity index is 1.76. The van der Waals surface area contributed by atoms with E-state index in [1.165, 1.54) is 12.1 Å². The van der Waals surface area contributed by atoms with Crippen LogP contribution in [-0.2, 0) is 17.9 Å². The molecule has 0 aliphatic rings. The molecule has 2 aromatic carbocycles. The van der Waals surface area contributed by atoms with Crippen molar-refractivity contribution in [2.24, 2.45) is 0 Å². The van der Waals surface area contributed by atoms with Crippen molar-refractivity contribution in [1.29, 1.82) is 0 Å². The average molecular weight is 386 g/mol. The summed E-state index contributed by atoms with van der Waals surface area (Å²) in [5.41, 5.74) is 1.66. The second-order valence-corrected chi connectivity index (χ2v) is 6.43. The van der Waals surface area contributed by atoms with Gasteiger partial charge in [-0.2, -0.15) is 5.10 Å². The van der Waals surface area contributed by atoms with Gasteiger partial charge in [0.05, 0.1) is 7.11 Å². The van der Waals surface area contributed by atoms with Crippen molar-refractivity contribution in [1.82, 2.24) is 19.7 Å². The summed E-state index contributed by atoms with van der Waals surface area (Å²) >= 11 is 5.28. The van der Waals surface area contributed by atoms with E-state index in [-0.39, 0.29) is 18.3 Å². The molecule has 0 atom stereocenters. The lowest BCUT2D eigenvalue weighted by Gasteiger charge is -2.18. The highest BCUT2D eigenvalue weighted by Crippen LogP contribution is 2.21. The first-order valence-corrected chi connectivity index (χ1v) is 8.67. The van der Waals surface area contributed by atoms with Crippen LogP contribution >= 0.6 is 12.2 Å². The van der Waals surface area contributed by atoms with Crippen molar-refractivity contribution in [3.63, 3.8) is 0 Å². The van der Waals surface area contributed by atoms with E-state index in [4.69, 9.17) is 17.0 Å². The highest BCUT2D eigenvalue weighted by molar-refractivity contribution is 7.71. The Morgan fingerprint density at radius 3 is 2.52 bits per heavy atom. The topological polar surface area (TPSA) is 63.1 Å². The maximum atomic E-state index is 13.0. The van der Waals surface area contributed by atoms with Crippen LogP contribution in [0.15, 0.2) is 48.5 Å². The number of aromatic amines is 1. The molecule has 1 N–H and O–H groups in total. The lowest BCUT2D eigenvalue weighted by Crippen LogP contribution is -2.30.